The average Bonchev–Trinajstić information content (AvgIpc) is 3.10. The summed E-state index contributed by atoms with van der Waals surface area (Å²) < 4.78 is 7.44. The van der Waals surface area contributed by atoms with Crippen LogP contribution >= 0.6 is 23.4 Å². The van der Waals surface area contributed by atoms with Crippen molar-refractivity contribution in [3.8, 4) is 17.1 Å². The lowest BCUT2D eigenvalue weighted by atomic mass is 10.1. The molecule has 140 valence electrons. The van der Waals surface area contributed by atoms with Gasteiger partial charge in [-0.1, -0.05) is 35.5 Å². The topological polar surface area (TPSA) is 57.0 Å². The predicted molar refractivity (Wildman–Crippen MR) is 109 cm³/mol. The Morgan fingerprint density at radius 2 is 1.89 bits per heavy atom. The van der Waals surface area contributed by atoms with Crippen LogP contribution in [0.25, 0.3) is 11.4 Å². The number of halogens is 1. The molecule has 0 bridgehead atoms. The first-order chi connectivity index (χ1) is 13.0. The van der Waals surface area contributed by atoms with Crippen LogP contribution in [0, 0.1) is 0 Å². The number of benzene rings is 2. The van der Waals surface area contributed by atoms with E-state index in [4.69, 9.17) is 16.3 Å². The van der Waals surface area contributed by atoms with E-state index in [-0.39, 0.29) is 11.0 Å². The van der Waals surface area contributed by atoms with E-state index >= 15 is 0 Å². The molecule has 0 N–H and O–H groups in total. The van der Waals surface area contributed by atoms with Gasteiger partial charge in [0.15, 0.2) is 16.8 Å². The Balaban J connectivity index is 1.86. The molecule has 0 fully saturated rings. The van der Waals surface area contributed by atoms with Gasteiger partial charge in [-0.3, -0.25) is 4.79 Å². The highest BCUT2D eigenvalue weighted by Gasteiger charge is 2.22. The fourth-order valence-corrected chi connectivity index (χ4v) is 3.87. The number of ether oxygens (including phenoxy) is 1. The SMILES string of the molecule is CCn1c(S[C@H](C)C(=O)c2ccc(Cl)cc2)nnc1-c1ccccc1OC. The Hall–Kier alpha value is -2.31. The van der Waals surface area contributed by atoms with Crippen LogP contribution in [0.5, 0.6) is 5.75 Å². The first kappa shape index (κ1) is 19.5. The molecule has 3 aromatic rings. The summed E-state index contributed by atoms with van der Waals surface area (Å²) in [7, 11) is 1.63. The first-order valence-electron chi connectivity index (χ1n) is 8.58. The van der Waals surface area contributed by atoms with Gasteiger partial charge in [-0.15, -0.1) is 10.2 Å². The molecule has 0 aliphatic heterocycles. The van der Waals surface area contributed by atoms with Crippen LogP contribution < -0.4 is 4.74 Å². The van der Waals surface area contributed by atoms with Gasteiger partial charge in [-0.25, -0.2) is 0 Å². The van der Waals surface area contributed by atoms with Crippen molar-refractivity contribution in [2.24, 2.45) is 0 Å². The number of aromatic nitrogens is 3. The lowest BCUT2D eigenvalue weighted by Gasteiger charge is -2.13. The first-order valence-corrected chi connectivity index (χ1v) is 9.84. The number of thioether (sulfide) groups is 1. The highest BCUT2D eigenvalue weighted by atomic mass is 35.5. The fourth-order valence-electron chi connectivity index (χ4n) is 2.75. The van der Waals surface area contributed by atoms with Crippen molar-refractivity contribution in [2.75, 3.05) is 7.11 Å². The van der Waals surface area contributed by atoms with Crippen molar-refractivity contribution in [1.29, 1.82) is 0 Å². The molecule has 3 rings (SSSR count). The molecule has 0 spiro atoms. The minimum Gasteiger partial charge on any atom is -0.496 e. The van der Waals surface area contributed by atoms with E-state index in [1.54, 1.807) is 31.4 Å². The van der Waals surface area contributed by atoms with Gasteiger partial charge in [-0.2, -0.15) is 0 Å². The molecule has 0 unspecified atom stereocenters. The molecule has 7 heteroatoms. The summed E-state index contributed by atoms with van der Waals surface area (Å²) in [4.78, 5) is 12.7. The van der Waals surface area contributed by atoms with Gasteiger partial charge >= 0.3 is 0 Å². The molecular formula is C20H20ClN3O2S. The second-order valence-corrected chi connectivity index (χ2v) is 7.63. The number of ketones is 1. The van der Waals surface area contributed by atoms with Crippen LogP contribution in [-0.2, 0) is 6.54 Å². The number of hydrogen-bond acceptors (Lipinski definition) is 5. The predicted octanol–water partition coefficient (Wildman–Crippen LogP) is 4.99. The summed E-state index contributed by atoms with van der Waals surface area (Å²) in [6.45, 7) is 4.58. The number of carbonyl (C=O) groups excluding carboxylic acids is 1. The van der Waals surface area contributed by atoms with Crippen LogP contribution in [-0.4, -0.2) is 32.9 Å². The van der Waals surface area contributed by atoms with Crippen LogP contribution in [0.4, 0.5) is 0 Å². The Morgan fingerprint density at radius 1 is 1.19 bits per heavy atom. The zero-order valence-electron chi connectivity index (χ0n) is 15.3. The molecule has 2 aromatic carbocycles. The van der Waals surface area contributed by atoms with Crippen LogP contribution in [0.3, 0.4) is 0 Å². The van der Waals surface area contributed by atoms with Crippen LogP contribution in [0.2, 0.25) is 5.02 Å². The number of para-hydroxylation sites is 1. The monoisotopic (exact) mass is 401 g/mol. The van der Waals surface area contributed by atoms with Crippen molar-refractivity contribution >= 4 is 29.1 Å². The zero-order valence-corrected chi connectivity index (χ0v) is 16.9. The number of methoxy groups -OCH3 is 1. The third-order valence-corrected chi connectivity index (χ3v) is 5.49. The second kappa shape index (κ2) is 8.59. The van der Waals surface area contributed by atoms with E-state index in [1.165, 1.54) is 11.8 Å². The van der Waals surface area contributed by atoms with Crippen molar-refractivity contribution < 1.29 is 9.53 Å². The van der Waals surface area contributed by atoms with Crippen LogP contribution in [0.15, 0.2) is 53.7 Å². The molecule has 1 atom stereocenters. The Morgan fingerprint density at radius 3 is 2.56 bits per heavy atom. The molecule has 0 radical (unpaired) electrons. The van der Waals surface area contributed by atoms with Crippen molar-refractivity contribution in [2.45, 2.75) is 30.8 Å². The molecule has 1 aromatic heterocycles. The number of carbonyl (C=O) groups is 1. The van der Waals surface area contributed by atoms with Gasteiger partial charge in [-0.05, 0) is 50.2 Å². The quantitative estimate of drug-likeness (QED) is 0.412. The minimum atomic E-state index is -0.300. The number of rotatable bonds is 7. The molecule has 0 aliphatic carbocycles. The van der Waals surface area contributed by atoms with E-state index in [0.717, 1.165) is 17.1 Å². The highest BCUT2D eigenvalue weighted by molar-refractivity contribution is 8.00. The zero-order chi connectivity index (χ0) is 19.4. The summed E-state index contributed by atoms with van der Waals surface area (Å²) in [5.74, 6) is 1.49. The molecule has 27 heavy (non-hydrogen) atoms. The van der Waals surface area contributed by atoms with E-state index in [1.807, 2.05) is 42.7 Å². The Kier molecular flexibility index (Phi) is 6.19. The molecule has 0 saturated carbocycles. The number of nitrogens with zero attached hydrogens (tertiary/aromatic N) is 3. The van der Waals surface area contributed by atoms with E-state index < -0.39 is 0 Å². The summed E-state index contributed by atoms with van der Waals surface area (Å²) in [5, 5.41) is 9.67. The Labute approximate surface area is 167 Å². The standard InChI is InChI=1S/C20H20ClN3O2S/c1-4-24-19(16-7-5-6-8-17(16)26-3)22-23-20(24)27-13(2)18(25)14-9-11-15(21)12-10-14/h5-13H,4H2,1-3H3/t13-/m1/s1. The molecule has 0 amide bonds. The number of hydrogen-bond donors (Lipinski definition) is 0. The van der Waals surface area contributed by atoms with Gasteiger partial charge in [0.2, 0.25) is 0 Å². The van der Waals surface area contributed by atoms with Gasteiger partial charge in [0.05, 0.1) is 17.9 Å². The highest BCUT2D eigenvalue weighted by Crippen LogP contribution is 2.32. The molecule has 5 nitrogen and oxygen atoms in total. The summed E-state index contributed by atoms with van der Waals surface area (Å²) in [6.07, 6.45) is 0. The van der Waals surface area contributed by atoms with Gasteiger partial charge < -0.3 is 9.30 Å². The maximum absolute atomic E-state index is 12.7. The van der Waals surface area contributed by atoms with E-state index in [0.29, 0.717) is 22.3 Å². The van der Waals surface area contributed by atoms with Crippen molar-refractivity contribution in [3.63, 3.8) is 0 Å². The van der Waals surface area contributed by atoms with E-state index in [2.05, 4.69) is 10.2 Å². The molecule has 0 saturated heterocycles. The lowest BCUT2D eigenvalue weighted by Crippen LogP contribution is -2.14. The Bertz CT molecular complexity index is 941. The largest absolute Gasteiger partial charge is 0.496 e. The fraction of sp³-hybridized carbons (Fsp3) is 0.250. The molecule has 1 heterocycles. The average molecular weight is 402 g/mol. The third kappa shape index (κ3) is 4.17. The number of Topliss-reactive ketones (excluding diaryl/α,β-unsaturated/α-hetero) is 1. The van der Waals surface area contributed by atoms with Gasteiger partial charge in [0.25, 0.3) is 0 Å². The molecular weight excluding hydrogens is 382 g/mol. The molecule has 0 aliphatic rings. The summed E-state index contributed by atoms with van der Waals surface area (Å²) >= 11 is 7.30. The van der Waals surface area contributed by atoms with E-state index in [9.17, 15) is 4.79 Å². The minimum absolute atomic E-state index is 0.0289. The summed E-state index contributed by atoms with van der Waals surface area (Å²) in [5.41, 5.74) is 1.50. The van der Waals surface area contributed by atoms with Crippen LogP contribution in [0.1, 0.15) is 24.2 Å². The van der Waals surface area contributed by atoms with Crippen molar-refractivity contribution in [3.05, 3.63) is 59.1 Å². The maximum Gasteiger partial charge on any atom is 0.192 e. The summed E-state index contributed by atoms with van der Waals surface area (Å²) in [6, 6.07) is 14.6. The van der Waals surface area contributed by atoms with Gasteiger partial charge in [0, 0.05) is 17.1 Å². The maximum atomic E-state index is 12.7. The smallest absolute Gasteiger partial charge is 0.192 e. The third-order valence-electron chi connectivity index (χ3n) is 4.16. The van der Waals surface area contributed by atoms with Crippen molar-refractivity contribution in [1.82, 2.24) is 14.8 Å². The normalized spacial score (nSPS) is 12.0. The lowest BCUT2D eigenvalue weighted by molar-refractivity contribution is 0.0994. The van der Waals surface area contributed by atoms with Gasteiger partial charge in [0.1, 0.15) is 5.75 Å². The second-order valence-electron chi connectivity index (χ2n) is 5.88.